The largest absolute Gasteiger partial charge is 0.311 e. The number of benzene rings is 1. The average Bonchev–Trinajstić information content (AvgIpc) is 2.79. The lowest BCUT2D eigenvalue weighted by Gasteiger charge is -2.15. The molecule has 2 heterocycles. The summed E-state index contributed by atoms with van der Waals surface area (Å²) in [4.78, 5) is 0. The molecular weight excluding hydrogens is 224 g/mol. The van der Waals surface area contributed by atoms with Gasteiger partial charge in [0.25, 0.3) is 0 Å². The third-order valence-corrected chi connectivity index (χ3v) is 3.32. The summed E-state index contributed by atoms with van der Waals surface area (Å²) in [6.07, 6.45) is 0.879. The van der Waals surface area contributed by atoms with Crippen molar-refractivity contribution in [3.8, 4) is 11.8 Å². The van der Waals surface area contributed by atoms with Gasteiger partial charge in [-0.2, -0.15) is 10.4 Å². The molecule has 0 radical (unpaired) electrons. The minimum atomic E-state index is 0.562. The minimum absolute atomic E-state index is 0.562. The third-order valence-electron chi connectivity index (χ3n) is 3.32. The first kappa shape index (κ1) is 11.0. The quantitative estimate of drug-likeness (QED) is 0.822. The van der Waals surface area contributed by atoms with Crippen LogP contribution >= 0.6 is 0 Å². The molecule has 0 atom stereocenters. The maximum Gasteiger partial charge on any atom is 0.166 e. The molecule has 4 heteroatoms. The zero-order valence-corrected chi connectivity index (χ0v) is 10.3. The molecule has 1 aliphatic heterocycles. The third kappa shape index (κ3) is 1.69. The Morgan fingerprint density at radius 2 is 2.11 bits per heavy atom. The van der Waals surface area contributed by atoms with Crippen LogP contribution in [0.1, 0.15) is 22.5 Å². The van der Waals surface area contributed by atoms with Gasteiger partial charge in [0.05, 0.1) is 11.4 Å². The fourth-order valence-corrected chi connectivity index (χ4v) is 2.34. The van der Waals surface area contributed by atoms with Gasteiger partial charge >= 0.3 is 0 Å². The van der Waals surface area contributed by atoms with Crippen LogP contribution < -0.4 is 5.32 Å². The van der Waals surface area contributed by atoms with Gasteiger partial charge in [-0.25, -0.2) is 4.68 Å². The van der Waals surface area contributed by atoms with Gasteiger partial charge < -0.3 is 5.32 Å². The van der Waals surface area contributed by atoms with Crippen LogP contribution in [0, 0.1) is 18.3 Å². The highest BCUT2D eigenvalue weighted by Gasteiger charge is 2.20. The Labute approximate surface area is 106 Å². The van der Waals surface area contributed by atoms with Gasteiger partial charge in [0, 0.05) is 12.1 Å². The van der Waals surface area contributed by atoms with Crippen molar-refractivity contribution < 1.29 is 0 Å². The van der Waals surface area contributed by atoms with E-state index >= 15 is 0 Å². The Bertz CT molecular complexity index is 616. The normalized spacial score (nSPS) is 14.0. The Kier molecular flexibility index (Phi) is 2.62. The SMILES string of the molecule is Cc1ccc(-n2nc(C#N)c3c2CNCC3)cc1. The van der Waals surface area contributed by atoms with Gasteiger partial charge in [-0.3, -0.25) is 0 Å². The highest BCUT2D eigenvalue weighted by Crippen LogP contribution is 2.21. The van der Waals surface area contributed by atoms with Gasteiger partial charge in [0.1, 0.15) is 6.07 Å². The van der Waals surface area contributed by atoms with Crippen molar-refractivity contribution in [3.05, 3.63) is 46.8 Å². The molecule has 0 saturated heterocycles. The number of aromatic nitrogens is 2. The Morgan fingerprint density at radius 1 is 1.33 bits per heavy atom. The van der Waals surface area contributed by atoms with Crippen LogP contribution in [0.25, 0.3) is 5.69 Å². The molecule has 90 valence electrons. The number of hydrogen-bond donors (Lipinski definition) is 1. The summed E-state index contributed by atoms with van der Waals surface area (Å²) in [7, 11) is 0. The van der Waals surface area contributed by atoms with Crippen LogP contribution in [0.3, 0.4) is 0 Å². The number of nitriles is 1. The molecule has 0 amide bonds. The molecule has 0 spiro atoms. The summed E-state index contributed by atoms with van der Waals surface area (Å²) in [5.74, 6) is 0. The first-order chi connectivity index (χ1) is 8.79. The van der Waals surface area contributed by atoms with Gasteiger partial charge in [0.2, 0.25) is 0 Å². The lowest BCUT2D eigenvalue weighted by molar-refractivity contribution is 0.614. The summed E-state index contributed by atoms with van der Waals surface area (Å²) in [5.41, 5.74) is 5.01. The number of rotatable bonds is 1. The Hall–Kier alpha value is -2.12. The van der Waals surface area contributed by atoms with Crippen molar-refractivity contribution in [1.29, 1.82) is 5.26 Å². The summed E-state index contributed by atoms with van der Waals surface area (Å²) < 4.78 is 1.89. The minimum Gasteiger partial charge on any atom is -0.311 e. The highest BCUT2D eigenvalue weighted by molar-refractivity contribution is 5.43. The predicted molar refractivity (Wildman–Crippen MR) is 68.4 cm³/mol. The van der Waals surface area contributed by atoms with E-state index in [-0.39, 0.29) is 0 Å². The van der Waals surface area contributed by atoms with Gasteiger partial charge in [-0.05, 0) is 32.0 Å². The van der Waals surface area contributed by atoms with Crippen LogP contribution in [0.2, 0.25) is 0 Å². The molecule has 0 unspecified atom stereocenters. The summed E-state index contributed by atoms with van der Waals surface area (Å²) in [6, 6.07) is 10.4. The Morgan fingerprint density at radius 3 is 2.83 bits per heavy atom. The summed E-state index contributed by atoms with van der Waals surface area (Å²) in [5, 5.41) is 16.9. The van der Waals surface area contributed by atoms with Crippen molar-refractivity contribution >= 4 is 0 Å². The Balaban J connectivity index is 2.15. The van der Waals surface area contributed by atoms with Crippen molar-refractivity contribution in [1.82, 2.24) is 15.1 Å². The van der Waals surface area contributed by atoms with E-state index in [1.807, 2.05) is 16.8 Å². The van der Waals surface area contributed by atoms with Gasteiger partial charge in [0.15, 0.2) is 5.69 Å². The molecule has 1 aromatic carbocycles. The van der Waals surface area contributed by atoms with Gasteiger partial charge in [-0.1, -0.05) is 17.7 Å². The molecular formula is C14H14N4. The van der Waals surface area contributed by atoms with Crippen molar-refractivity contribution in [2.24, 2.45) is 0 Å². The van der Waals surface area contributed by atoms with Crippen LogP contribution in [0.15, 0.2) is 24.3 Å². The molecule has 1 N–H and O–H groups in total. The standard InChI is InChI=1S/C14H14N4/c1-10-2-4-11(5-3-10)18-14-9-16-7-6-12(14)13(8-15)17-18/h2-5,16H,6-7,9H2,1H3. The molecule has 2 aromatic rings. The van der Waals surface area contributed by atoms with Crippen molar-refractivity contribution in [2.75, 3.05) is 6.54 Å². The fourth-order valence-electron chi connectivity index (χ4n) is 2.34. The lowest BCUT2D eigenvalue weighted by Crippen LogP contribution is -2.25. The van der Waals surface area contributed by atoms with E-state index in [1.165, 1.54) is 5.56 Å². The van der Waals surface area contributed by atoms with E-state index in [9.17, 15) is 0 Å². The number of fused-ring (bicyclic) bond motifs is 1. The summed E-state index contributed by atoms with van der Waals surface area (Å²) in [6.45, 7) is 3.75. The molecule has 0 aliphatic carbocycles. The zero-order chi connectivity index (χ0) is 12.5. The molecule has 1 aliphatic rings. The number of aryl methyl sites for hydroxylation is 1. The first-order valence-electron chi connectivity index (χ1n) is 6.08. The molecule has 18 heavy (non-hydrogen) atoms. The highest BCUT2D eigenvalue weighted by atomic mass is 15.3. The molecule has 0 saturated carbocycles. The summed E-state index contributed by atoms with van der Waals surface area (Å²) >= 11 is 0. The van der Waals surface area contributed by atoms with Crippen molar-refractivity contribution in [3.63, 3.8) is 0 Å². The molecule has 3 rings (SSSR count). The second-order valence-corrected chi connectivity index (χ2v) is 4.56. The zero-order valence-electron chi connectivity index (χ0n) is 10.3. The van der Waals surface area contributed by atoms with Crippen LogP contribution in [-0.4, -0.2) is 16.3 Å². The topological polar surface area (TPSA) is 53.6 Å². The second-order valence-electron chi connectivity index (χ2n) is 4.56. The van der Waals surface area contributed by atoms with Crippen molar-refractivity contribution in [2.45, 2.75) is 19.9 Å². The van der Waals surface area contributed by atoms with E-state index in [0.29, 0.717) is 5.69 Å². The van der Waals surface area contributed by atoms with E-state index in [2.05, 4.69) is 35.5 Å². The van der Waals surface area contributed by atoms with E-state index in [1.54, 1.807) is 0 Å². The van der Waals surface area contributed by atoms with E-state index in [0.717, 1.165) is 36.5 Å². The number of hydrogen-bond acceptors (Lipinski definition) is 3. The van der Waals surface area contributed by atoms with Crippen LogP contribution in [0.5, 0.6) is 0 Å². The molecule has 0 bridgehead atoms. The second kappa shape index (κ2) is 4.28. The average molecular weight is 238 g/mol. The van der Waals surface area contributed by atoms with Gasteiger partial charge in [-0.15, -0.1) is 0 Å². The molecule has 0 fully saturated rings. The van der Waals surface area contributed by atoms with E-state index in [4.69, 9.17) is 5.26 Å². The number of nitrogens with one attached hydrogen (secondary N) is 1. The number of nitrogens with zero attached hydrogens (tertiary/aromatic N) is 3. The predicted octanol–water partition coefficient (Wildman–Crippen LogP) is 1.70. The lowest BCUT2D eigenvalue weighted by atomic mass is 10.1. The molecule has 1 aromatic heterocycles. The van der Waals surface area contributed by atoms with Crippen LogP contribution in [-0.2, 0) is 13.0 Å². The smallest absolute Gasteiger partial charge is 0.166 e. The maximum atomic E-state index is 9.15. The van der Waals surface area contributed by atoms with Crippen LogP contribution in [0.4, 0.5) is 0 Å². The monoisotopic (exact) mass is 238 g/mol. The maximum absolute atomic E-state index is 9.15. The first-order valence-corrected chi connectivity index (χ1v) is 6.08. The fraction of sp³-hybridized carbons (Fsp3) is 0.286. The molecule has 4 nitrogen and oxygen atoms in total. The van der Waals surface area contributed by atoms with E-state index < -0.39 is 0 Å².